The van der Waals surface area contributed by atoms with Gasteiger partial charge in [0.15, 0.2) is 5.65 Å². The molecule has 3 heterocycles. The number of aromatic nitrogens is 3. The highest BCUT2D eigenvalue weighted by Crippen LogP contribution is 2.23. The molecule has 1 fully saturated rings. The lowest BCUT2D eigenvalue weighted by Crippen LogP contribution is -2.50. The number of nitrogens with zero attached hydrogens (tertiary/aromatic N) is 5. The van der Waals surface area contributed by atoms with Gasteiger partial charge in [0.1, 0.15) is 12.1 Å². The van der Waals surface area contributed by atoms with Gasteiger partial charge < -0.3 is 10.2 Å². The van der Waals surface area contributed by atoms with Crippen LogP contribution >= 0.6 is 0 Å². The van der Waals surface area contributed by atoms with Crippen molar-refractivity contribution in [3.63, 3.8) is 0 Å². The zero-order chi connectivity index (χ0) is 17.1. The number of anilines is 1. The SMILES string of the molecule is CCC(CNc1ncnc2nc(C)cc(C)c12)N1CCN(C)CC1. The first kappa shape index (κ1) is 17.0. The van der Waals surface area contributed by atoms with E-state index in [4.69, 9.17) is 0 Å². The number of nitrogens with one attached hydrogen (secondary N) is 1. The number of piperazine rings is 1. The largest absolute Gasteiger partial charge is 0.368 e. The van der Waals surface area contributed by atoms with Crippen molar-refractivity contribution in [1.82, 2.24) is 24.8 Å². The van der Waals surface area contributed by atoms with Crippen molar-refractivity contribution >= 4 is 16.9 Å². The van der Waals surface area contributed by atoms with Crippen molar-refractivity contribution < 1.29 is 0 Å². The fraction of sp³-hybridized carbons (Fsp3) is 0.611. The van der Waals surface area contributed by atoms with E-state index in [0.717, 1.165) is 61.7 Å². The third kappa shape index (κ3) is 3.65. The summed E-state index contributed by atoms with van der Waals surface area (Å²) < 4.78 is 0. The van der Waals surface area contributed by atoms with Gasteiger partial charge in [-0.3, -0.25) is 4.90 Å². The van der Waals surface area contributed by atoms with Gasteiger partial charge in [-0.25, -0.2) is 15.0 Å². The van der Waals surface area contributed by atoms with E-state index in [9.17, 15) is 0 Å². The molecular weight excluding hydrogens is 300 g/mol. The van der Waals surface area contributed by atoms with E-state index >= 15 is 0 Å². The Morgan fingerprint density at radius 3 is 2.62 bits per heavy atom. The maximum absolute atomic E-state index is 4.54. The lowest BCUT2D eigenvalue weighted by molar-refractivity contribution is 0.114. The molecule has 1 N–H and O–H groups in total. The average Bonchev–Trinajstić information content (AvgIpc) is 2.56. The third-order valence-electron chi connectivity index (χ3n) is 4.96. The molecule has 0 spiro atoms. The molecule has 0 bridgehead atoms. The summed E-state index contributed by atoms with van der Waals surface area (Å²) >= 11 is 0. The Labute approximate surface area is 144 Å². The number of pyridine rings is 1. The van der Waals surface area contributed by atoms with Gasteiger partial charge in [-0.1, -0.05) is 6.92 Å². The highest BCUT2D eigenvalue weighted by molar-refractivity contribution is 5.89. The molecule has 2 aromatic heterocycles. The van der Waals surface area contributed by atoms with Gasteiger partial charge in [0.05, 0.1) is 5.39 Å². The van der Waals surface area contributed by atoms with E-state index < -0.39 is 0 Å². The normalized spacial score (nSPS) is 18.0. The molecular formula is C18H28N6. The Bertz CT molecular complexity index is 693. The van der Waals surface area contributed by atoms with Crippen LogP contribution in [0, 0.1) is 13.8 Å². The Kier molecular flexibility index (Phi) is 5.26. The van der Waals surface area contributed by atoms with Crippen LogP contribution < -0.4 is 5.32 Å². The molecule has 0 saturated carbocycles. The highest BCUT2D eigenvalue weighted by atomic mass is 15.3. The molecule has 6 heteroatoms. The van der Waals surface area contributed by atoms with E-state index in [-0.39, 0.29) is 0 Å². The number of rotatable bonds is 5. The quantitative estimate of drug-likeness (QED) is 0.907. The third-order valence-corrected chi connectivity index (χ3v) is 4.96. The van der Waals surface area contributed by atoms with Crippen LogP contribution in [0.5, 0.6) is 0 Å². The molecule has 0 amide bonds. The first-order chi connectivity index (χ1) is 11.6. The van der Waals surface area contributed by atoms with Crippen molar-refractivity contribution in [2.24, 2.45) is 0 Å². The Morgan fingerprint density at radius 1 is 1.17 bits per heavy atom. The molecule has 0 radical (unpaired) electrons. The van der Waals surface area contributed by atoms with Crippen LogP contribution in [0.4, 0.5) is 5.82 Å². The van der Waals surface area contributed by atoms with E-state index in [1.165, 1.54) is 5.56 Å². The van der Waals surface area contributed by atoms with Crippen molar-refractivity contribution in [1.29, 1.82) is 0 Å². The summed E-state index contributed by atoms with van der Waals surface area (Å²) in [5, 5.41) is 4.60. The second kappa shape index (κ2) is 7.40. The van der Waals surface area contributed by atoms with Gasteiger partial charge in [-0.2, -0.15) is 0 Å². The van der Waals surface area contributed by atoms with Crippen molar-refractivity contribution in [2.75, 3.05) is 45.1 Å². The standard InChI is InChI=1S/C18H28N6/c1-5-15(24-8-6-23(4)7-9-24)11-19-17-16-13(2)10-14(3)22-18(16)21-12-20-17/h10,12,15H,5-9,11H2,1-4H3,(H,19,20,21,22). The molecule has 1 aliphatic heterocycles. The number of aryl methyl sites for hydroxylation is 2. The van der Waals surface area contributed by atoms with Crippen LogP contribution in [-0.2, 0) is 0 Å². The van der Waals surface area contributed by atoms with Crippen molar-refractivity contribution in [2.45, 2.75) is 33.2 Å². The second-order valence-electron chi connectivity index (χ2n) is 6.78. The van der Waals surface area contributed by atoms with Gasteiger partial charge in [-0.15, -0.1) is 0 Å². The van der Waals surface area contributed by atoms with Gasteiger partial charge in [0, 0.05) is 44.5 Å². The Hall–Kier alpha value is -1.79. The van der Waals surface area contributed by atoms with E-state index in [0.29, 0.717) is 6.04 Å². The minimum atomic E-state index is 0.530. The summed E-state index contributed by atoms with van der Waals surface area (Å²) in [6.07, 6.45) is 2.74. The Morgan fingerprint density at radius 2 is 1.92 bits per heavy atom. The van der Waals surface area contributed by atoms with Crippen molar-refractivity contribution in [3.05, 3.63) is 23.7 Å². The molecule has 130 valence electrons. The van der Waals surface area contributed by atoms with E-state index in [1.54, 1.807) is 6.33 Å². The zero-order valence-electron chi connectivity index (χ0n) is 15.2. The van der Waals surface area contributed by atoms with E-state index in [1.807, 2.05) is 6.92 Å². The fourth-order valence-corrected chi connectivity index (χ4v) is 3.48. The number of hydrogen-bond acceptors (Lipinski definition) is 6. The monoisotopic (exact) mass is 328 g/mol. The molecule has 0 aromatic carbocycles. The van der Waals surface area contributed by atoms with Crippen LogP contribution in [-0.4, -0.2) is 70.6 Å². The number of hydrogen-bond donors (Lipinski definition) is 1. The summed E-state index contributed by atoms with van der Waals surface area (Å²) in [5.41, 5.74) is 2.94. The molecule has 1 atom stereocenters. The summed E-state index contributed by atoms with van der Waals surface area (Å²) in [7, 11) is 2.20. The smallest absolute Gasteiger partial charge is 0.165 e. The molecule has 3 rings (SSSR count). The van der Waals surface area contributed by atoms with Crippen LogP contribution in [0.1, 0.15) is 24.6 Å². The molecule has 1 aliphatic rings. The van der Waals surface area contributed by atoms with Crippen LogP contribution in [0.3, 0.4) is 0 Å². The summed E-state index contributed by atoms with van der Waals surface area (Å²) in [5.74, 6) is 0.901. The molecule has 1 saturated heterocycles. The van der Waals surface area contributed by atoms with Crippen molar-refractivity contribution in [3.8, 4) is 0 Å². The zero-order valence-corrected chi connectivity index (χ0v) is 15.2. The van der Waals surface area contributed by atoms with Crippen LogP contribution in [0.15, 0.2) is 12.4 Å². The van der Waals surface area contributed by atoms with E-state index in [2.05, 4.69) is 57.0 Å². The predicted molar refractivity (Wildman–Crippen MR) is 98.4 cm³/mol. The lowest BCUT2D eigenvalue weighted by atomic mass is 10.1. The minimum Gasteiger partial charge on any atom is -0.368 e. The molecule has 24 heavy (non-hydrogen) atoms. The first-order valence-corrected chi connectivity index (χ1v) is 8.84. The first-order valence-electron chi connectivity index (χ1n) is 8.84. The second-order valence-corrected chi connectivity index (χ2v) is 6.78. The molecule has 1 unspecified atom stereocenters. The fourth-order valence-electron chi connectivity index (χ4n) is 3.48. The summed E-state index contributed by atoms with van der Waals surface area (Å²) in [6.45, 7) is 11.8. The van der Waals surface area contributed by atoms with Crippen LogP contribution in [0.25, 0.3) is 11.0 Å². The highest BCUT2D eigenvalue weighted by Gasteiger charge is 2.21. The van der Waals surface area contributed by atoms with Gasteiger partial charge in [0.2, 0.25) is 0 Å². The topological polar surface area (TPSA) is 57.2 Å². The van der Waals surface area contributed by atoms with Gasteiger partial charge >= 0.3 is 0 Å². The number of likely N-dealkylation sites (N-methyl/N-ethyl adjacent to an activating group) is 1. The minimum absolute atomic E-state index is 0.530. The maximum Gasteiger partial charge on any atom is 0.165 e. The average molecular weight is 328 g/mol. The molecule has 6 nitrogen and oxygen atoms in total. The summed E-state index contributed by atoms with van der Waals surface area (Å²) in [4.78, 5) is 18.3. The molecule has 0 aliphatic carbocycles. The van der Waals surface area contributed by atoms with Gasteiger partial charge in [0.25, 0.3) is 0 Å². The lowest BCUT2D eigenvalue weighted by Gasteiger charge is -2.37. The predicted octanol–water partition coefficient (Wildman–Crippen LogP) is 2.08. The Balaban J connectivity index is 1.75. The number of fused-ring (bicyclic) bond motifs is 1. The summed E-state index contributed by atoms with van der Waals surface area (Å²) in [6, 6.07) is 2.62. The molecule has 2 aromatic rings. The van der Waals surface area contributed by atoms with Gasteiger partial charge in [-0.05, 0) is 38.9 Å². The van der Waals surface area contributed by atoms with Crippen LogP contribution in [0.2, 0.25) is 0 Å². The maximum atomic E-state index is 4.54.